The third-order valence-electron chi connectivity index (χ3n) is 3.02. The highest BCUT2D eigenvalue weighted by molar-refractivity contribution is 5.83. The number of nitrogens with one attached hydrogen (secondary N) is 1. The second kappa shape index (κ2) is 8.26. The summed E-state index contributed by atoms with van der Waals surface area (Å²) in [6.07, 6.45) is 1.54. The summed E-state index contributed by atoms with van der Waals surface area (Å²) >= 11 is 0. The van der Waals surface area contributed by atoms with E-state index in [4.69, 9.17) is 9.47 Å². The van der Waals surface area contributed by atoms with Gasteiger partial charge in [0.25, 0.3) is 5.91 Å². The van der Waals surface area contributed by atoms with Gasteiger partial charge in [-0.05, 0) is 29.8 Å². The second-order valence-corrected chi connectivity index (χ2v) is 4.84. The number of amides is 1. The van der Waals surface area contributed by atoms with Crippen LogP contribution in [0.25, 0.3) is 0 Å². The third-order valence-corrected chi connectivity index (χ3v) is 3.02. The highest BCUT2D eigenvalue weighted by atomic mass is 16.5. The number of ether oxygens (including phenoxy) is 2. The smallest absolute Gasteiger partial charge is 0.308 e. The molecule has 1 N–H and O–H groups in total. The van der Waals surface area contributed by atoms with Gasteiger partial charge in [-0.1, -0.05) is 0 Å². The summed E-state index contributed by atoms with van der Waals surface area (Å²) in [6, 6.07) is 6.82. The third kappa shape index (κ3) is 5.63. The maximum Gasteiger partial charge on any atom is 0.308 e. The number of hydrazone groups is 1. The van der Waals surface area contributed by atoms with Crippen molar-refractivity contribution >= 4 is 18.1 Å². The molecule has 7 heteroatoms. The van der Waals surface area contributed by atoms with Gasteiger partial charge in [-0.3, -0.25) is 14.5 Å². The second-order valence-electron chi connectivity index (χ2n) is 4.84. The molecular formula is C15H19N3O4. The van der Waals surface area contributed by atoms with E-state index in [0.29, 0.717) is 25.5 Å². The van der Waals surface area contributed by atoms with Gasteiger partial charge in [-0.25, -0.2) is 5.43 Å². The molecule has 0 bridgehead atoms. The van der Waals surface area contributed by atoms with Crippen LogP contribution in [0.3, 0.4) is 0 Å². The van der Waals surface area contributed by atoms with Gasteiger partial charge < -0.3 is 9.47 Å². The molecule has 118 valence electrons. The van der Waals surface area contributed by atoms with E-state index in [0.717, 1.165) is 18.7 Å². The standard InChI is InChI=1S/C15H19N3O4/c1-12(19)22-14-4-2-13(3-5-14)10-16-17-15(20)11-18-6-8-21-9-7-18/h2-5,10H,6-9,11H2,1H3,(H,17,20). The molecular weight excluding hydrogens is 286 g/mol. The zero-order chi connectivity index (χ0) is 15.8. The summed E-state index contributed by atoms with van der Waals surface area (Å²) < 4.78 is 10.1. The van der Waals surface area contributed by atoms with Crippen LogP contribution in [0.5, 0.6) is 5.75 Å². The normalized spacial score (nSPS) is 15.7. The van der Waals surface area contributed by atoms with Crippen LogP contribution in [-0.2, 0) is 14.3 Å². The van der Waals surface area contributed by atoms with Gasteiger partial charge in [0.1, 0.15) is 5.75 Å². The monoisotopic (exact) mass is 305 g/mol. The quantitative estimate of drug-likeness (QED) is 0.368. The first kappa shape index (κ1) is 16.1. The molecule has 0 atom stereocenters. The van der Waals surface area contributed by atoms with Crippen molar-refractivity contribution in [1.29, 1.82) is 0 Å². The SMILES string of the molecule is CC(=O)Oc1ccc(C=NNC(=O)CN2CCOCC2)cc1. The lowest BCUT2D eigenvalue weighted by Gasteiger charge is -2.25. The van der Waals surface area contributed by atoms with Gasteiger partial charge in [0, 0.05) is 20.0 Å². The van der Waals surface area contributed by atoms with Crippen LogP contribution in [0.15, 0.2) is 29.4 Å². The topological polar surface area (TPSA) is 80.2 Å². The number of carbonyl (C=O) groups excluding carboxylic acids is 2. The van der Waals surface area contributed by atoms with Crippen molar-refractivity contribution in [1.82, 2.24) is 10.3 Å². The van der Waals surface area contributed by atoms with Crippen molar-refractivity contribution in [2.24, 2.45) is 5.10 Å². The Morgan fingerprint density at radius 1 is 1.32 bits per heavy atom. The largest absolute Gasteiger partial charge is 0.427 e. The van der Waals surface area contributed by atoms with E-state index in [1.54, 1.807) is 24.3 Å². The Hall–Kier alpha value is -2.25. The predicted molar refractivity (Wildman–Crippen MR) is 80.7 cm³/mol. The van der Waals surface area contributed by atoms with Crippen LogP contribution in [0.2, 0.25) is 0 Å². The zero-order valence-electron chi connectivity index (χ0n) is 12.4. The first-order chi connectivity index (χ1) is 10.6. The van der Waals surface area contributed by atoms with Gasteiger partial charge in [0.15, 0.2) is 0 Å². The van der Waals surface area contributed by atoms with E-state index in [-0.39, 0.29) is 11.9 Å². The fraction of sp³-hybridized carbons (Fsp3) is 0.400. The molecule has 1 aliphatic rings. The molecule has 0 aromatic heterocycles. The fourth-order valence-electron chi connectivity index (χ4n) is 1.96. The van der Waals surface area contributed by atoms with Gasteiger partial charge in [-0.2, -0.15) is 5.10 Å². The Bertz CT molecular complexity index is 536. The molecule has 2 rings (SSSR count). The number of rotatable bonds is 5. The molecule has 1 fully saturated rings. The van der Waals surface area contributed by atoms with Crippen molar-refractivity contribution in [3.8, 4) is 5.75 Å². The molecule has 22 heavy (non-hydrogen) atoms. The van der Waals surface area contributed by atoms with Crippen molar-refractivity contribution in [3.05, 3.63) is 29.8 Å². The van der Waals surface area contributed by atoms with Crippen LogP contribution in [-0.4, -0.2) is 55.8 Å². The molecule has 7 nitrogen and oxygen atoms in total. The highest BCUT2D eigenvalue weighted by Crippen LogP contribution is 2.11. The van der Waals surface area contributed by atoms with Gasteiger partial charge in [0.2, 0.25) is 0 Å². The average molecular weight is 305 g/mol. The zero-order valence-corrected chi connectivity index (χ0v) is 12.4. The lowest BCUT2D eigenvalue weighted by molar-refractivity contribution is -0.131. The number of nitrogens with zero attached hydrogens (tertiary/aromatic N) is 2. The van der Waals surface area contributed by atoms with E-state index in [9.17, 15) is 9.59 Å². The maximum absolute atomic E-state index is 11.7. The number of hydrogen-bond donors (Lipinski definition) is 1. The minimum Gasteiger partial charge on any atom is -0.427 e. The summed E-state index contributed by atoms with van der Waals surface area (Å²) in [5.41, 5.74) is 3.28. The molecule has 0 saturated carbocycles. The lowest BCUT2D eigenvalue weighted by Crippen LogP contribution is -2.42. The van der Waals surface area contributed by atoms with Gasteiger partial charge >= 0.3 is 5.97 Å². The number of carbonyl (C=O) groups is 2. The van der Waals surface area contributed by atoms with Crippen LogP contribution in [0, 0.1) is 0 Å². The summed E-state index contributed by atoms with van der Waals surface area (Å²) in [4.78, 5) is 24.5. The molecule has 0 unspecified atom stereocenters. The van der Waals surface area contributed by atoms with Gasteiger partial charge in [0.05, 0.1) is 26.0 Å². The summed E-state index contributed by atoms with van der Waals surface area (Å²) in [7, 11) is 0. The number of hydrogen-bond acceptors (Lipinski definition) is 6. The molecule has 1 aliphatic heterocycles. The van der Waals surface area contributed by atoms with Crippen LogP contribution in [0.1, 0.15) is 12.5 Å². The van der Waals surface area contributed by atoms with E-state index in [1.165, 1.54) is 13.1 Å². The Morgan fingerprint density at radius 2 is 2.00 bits per heavy atom. The molecule has 1 amide bonds. The van der Waals surface area contributed by atoms with E-state index in [1.807, 2.05) is 4.90 Å². The predicted octanol–water partition coefficient (Wildman–Crippen LogP) is 0.394. The Labute approximate surface area is 128 Å². The lowest BCUT2D eigenvalue weighted by atomic mass is 10.2. The van der Waals surface area contributed by atoms with Crippen LogP contribution in [0.4, 0.5) is 0 Å². The molecule has 0 radical (unpaired) electrons. The van der Waals surface area contributed by atoms with E-state index < -0.39 is 0 Å². The summed E-state index contributed by atoms with van der Waals surface area (Å²) in [6.45, 7) is 4.49. The first-order valence-electron chi connectivity index (χ1n) is 7.04. The molecule has 1 aromatic carbocycles. The van der Waals surface area contributed by atoms with Crippen LogP contribution < -0.4 is 10.2 Å². The average Bonchev–Trinajstić information content (AvgIpc) is 2.49. The molecule has 0 spiro atoms. The molecule has 0 aliphatic carbocycles. The highest BCUT2D eigenvalue weighted by Gasteiger charge is 2.13. The van der Waals surface area contributed by atoms with Gasteiger partial charge in [-0.15, -0.1) is 0 Å². The Kier molecular flexibility index (Phi) is 6.05. The number of morpholine rings is 1. The Balaban J connectivity index is 1.76. The number of esters is 1. The Morgan fingerprint density at radius 3 is 2.64 bits per heavy atom. The van der Waals surface area contributed by atoms with E-state index in [2.05, 4.69) is 10.5 Å². The van der Waals surface area contributed by atoms with Crippen molar-refractivity contribution in [2.45, 2.75) is 6.92 Å². The number of benzene rings is 1. The summed E-state index contributed by atoms with van der Waals surface area (Å²) in [5, 5.41) is 3.91. The van der Waals surface area contributed by atoms with Crippen molar-refractivity contribution in [3.63, 3.8) is 0 Å². The minimum atomic E-state index is -0.364. The summed E-state index contributed by atoms with van der Waals surface area (Å²) in [5.74, 6) is -0.0486. The molecule has 1 saturated heterocycles. The molecule has 1 aromatic rings. The van der Waals surface area contributed by atoms with Crippen LogP contribution >= 0.6 is 0 Å². The van der Waals surface area contributed by atoms with E-state index >= 15 is 0 Å². The fourth-order valence-corrected chi connectivity index (χ4v) is 1.96. The minimum absolute atomic E-state index is 0.158. The van der Waals surface area contributed by atoms with Crippen molar-refractivity contribution < 1.29 is 19.1 Å². The van der Waals surface area contributed by atoms with Crippen molar-refractivity contribution in [2.75, 3.05) is 32.8 Å². The molecule has 1 heterocycles. The maximum atomic E-state index is 11.7. The first-order valence-corrected chi connectivity index (χ1v) is 7.04.